The van der Waals surface area contributed by atoms with E-state index in [9.17, 15) is 15.0 Å². The van der Waals surface area contributed by atoms with Gasteiger partial charge in [0.2, 0.25) is 0 Å². The Morgan fingerprint density at radius 2 is 1.56 bits per heavy atom. The minimum Gasteiger partial charge on any atom is -0.449 e. The molecular formula is C24H20Cl3NO4. The number of fused-ring (bicyclic) bond motifs is 3. The zero-order valence-corrected chi connectivity index (χ0v) is 19.0. The number of rotatable bonds is 6. The Balaban J connectivity index is 1.36. The van der Waals surface area contributed by atoms with Gasteiger partial charge in [-0.15, -0.1) is 0 Å². The Morgan fingerprint density at radius 1 is 0.969 bits per heavy atom. The molecule has 2 atom stereocenters. The zero-order chi connectivity index (χ0) is 22.8. The molecule has 4 rings (SSSR count). The quantitative estimate of drug-likeness (QED) is 0.393. The third-order valence-electron chi connectivity index (χ3n) is 5.50. The molecule has 0 radical (unpaired) electrons. The fourth-order valence-corrected chi connectivity index (χ4v) is 4.68. The molecule has 0 saturated carbocycles. The van der Waals surface area contributed by atoms with E-state index in [0.29, 0.717) is 0 Å². The molecule has 3 aromatic carbocycles. The van der Waals surface area contributed by atoms with Gasteiger partial charge in [0.1, 0.15) is 18.8 Å². The Labute approximate surface area is 200 Å². The van der Waals surface area contributed by atoms with E-state index in [4.69, 9.17) is 39.5 Å². The van der Waals surface area contributed by atoms with Crippen LogP contribution in [0, 0.1) is 0 Å². The van der Waals surface area contributed by atoms with Crippen LogP contribution in [0.4, 0.5) is 4.79 Å². The van der Waals surface area contributed by atoms with Crippen molar-refractivity contribution in [2.24, 2.45) is 0 Å². The summed E-state index contributed by atoms with van der Waals surface area (Å²) in [5, 5.41) is 23.7. The average molecular weight is 493 g/mol. The lowest BCUT2D eigenvalue weighted by Gasteiger charge is -2.21. The molecule has 0 spiro atoms. The van der Waals surface area contributed by atoms with Gasteiger partial charge in [-0.05, 0) is 34.4 Å². The van der Waals surface area contributed by atoms with Gasteiger partial charge in [-0.3, -0.25) is 0 Å². The molecule has 1 amide bonds. The second-order valence-electron chi connectivity index (χ2n) is 7.51. The van der Waals surface area contributed by atoms with Gasteiger partial charge in [0.25, 0.3) is 0 Å². The average Bonchev–Trinajstić information content (AvgIpc) is 3.11. The van der Waals surface area contributed by atoms with Crippen LogP contribution in [0.1, 0.15) is 28.7 Å². The summed E-state index contributed by atoms with van der Waals surface area (Å²) in [7, 11) is 0. The number of carbonyl (C=O) groups is 1. The Kier molecular flexibility index (Phi) is 6.93. The minimum atomic E-state index is -1.40. The van der Waals surface area contributed by atoms with Gasteiger partial charge >= 0.3 is 6.09 Å². The van der Waals surface area contributed by atoms with Crippen molar-refractivity contribution in [3.05, 3.63) is 92.4 Å². The molecule has 8 heteroatoms. The van der Waals surface area contributed by atoms with E-state index in [0.717, 1.165) is 22.3 Å². The highest BCUT2D eigenvalue weighted by atomic mass is 35.5. The van der Waals surface area contributed by atoms with Gasteiger partial charge in [0.05, 0.1) is 10.0 Å². The van der Waals surface area contributed by atoms with Crippen LogP contribution >= 0.6 is 34.8 Å². The Bertz CT molecular complexity index is 1110. The second-order valence-corrected chi connectivity index (χ2v) is 8.73. The second kappa shape index (κ2) is 9.69. The summed E-state index contributed by atoms with van der Waals surface area (Å²) in [4.78, 5) is 12.3. The summed E-state index contributed by atoms with van der Waals surface area (Å²) in [6.45, 7) is -0.105. The summed E-state index contributed by atoms with van der Waals surface area (Å²) in [6.07, 6.45) is -3.44. The summed E-state index contributed by atoms with van der Waals surface area (Å²) in [5.74, 6) is -0.0731. The van der Waals surface area contributed by atoms with E-state index in [1.165, 1.54) is 12.1 Å². The van der Waals surface area contributed by atoms with E-state index >= 15 is 0 Å². The highest BCUT2D eigenvalue weighted by Crippen LogP contribution is 2.44. The molecule has 2 unspecified atom stereocenters. The molecular weight excluding hydrogens is 473 g/mol. The van der Waals surface area contributed by atoms with Gasteiger partial charge in [-0.1, -0.05) is 83.3 Å². The van der Waals surface area contributed by atoms with E-state index in [1.807, 2.05) is 36.4 Å². The number of nitrogens with one attached hydrogen (secondary N) is 1. The number of carbonyl (C=O) groups excluding carboxylic acids is 1. The maximum atomic E-state index is 12.3. The predicted octanol–water partition coefficient (Wildman–Crippen LogP) is 5.58. The fraction of sp³-hybridized carbons (Fsp3) is 0.208. The molecule has 1 aliphatic rings. The maximum absolute atomic E-state index is 12.3. The van der Waals surface area contributed by atoms with E-state index in [1.54, 1.807) is 0 Å². The van der Waals surface area contributed by atoms with Crippen LogP contribution in [0.5, 0.6) is 0 Å². The van der Waals surface area contributed by atoms with Gasteiger partial charge in [-0.2, -0.15) is 0 Å². The Hall–Kier alpha value is -2.28. The first kappa shape index (κ1) is 22.9. The third kappa shape index (κ3) is 4.58. The summed E-state index contributed by atoms with van der Waals surface area (Å²) >= 11 is 18.0. The molecule has 0 aromatic heterocycles. The molecule has 166 valence electrons. The van der Waals surface area contributed by atoms with E-state index in [2.05, 4.69) is 17.4 Å². The molecule has 0 heterocycles. The van der Waals surface area contributed by atoms with Crippen molar-refractivity contribution in [3.63, 3.8) is 0 Å². The first-order chi connectivity index (χ1) is 15.4. The lowest BCUT2D eigenvalue weighted by atomic mass is 9.98. The first-order valence-electron chi connectivity index (χ1n) is 9.96. The van der Waals surface area contributed by atoms with E-state index in [-0.39, 0.29) is 39.7 Å². The lowest BCUT2D eigenvalue weighted by Crippen LogP contribution is -2.36. The molecule has 0 saturated heterocycles. The number of hydrogen-bond acceptors (Lipinski definition) is 4. The molecule has 5 nitrogen and oxygen atoms in total. The molecule has 0 bridgehead atoms. The number of halogens is 3. The van der Waals surface area contributed by atoms with Crippen LogP contribution < -0.4 is 5.32 Å². The fourth-order valence-electron chi connectivity index (χ4n) is 3.95. The SMILES string of the molecule is O=C(NCC(O)C(O)c1cc(Cl)cc(Cl)c1Cl)OCC1c2ccccc2-c2ccccc21. The van der Waals surface area contributed by atoms with Crippen molar-refractivity contribution in [2.45, 2.75) is 18.1 Å². The largest absolute Gasteiger partial charge is 0.449 e. The van der Waals surface area contributed by atoms with Crippen molar-refractivity contribution in [2.75, 3.05) is 13.2 Å². The first-order valence-corrected chi connectivity index (χ1v) is 11.1. The van der Waals surface area contributed by atoms with Crippen LogP contribution in [-0.2, 0) is 4.74 Å². The van der Waals surface area contributed by atoms with Crippen LogP contribution in [0.3, 0.4) is 0 Å². The highest BCUT2D eigenvalue weighted by Gasteiger charge is 2.29. The summed E-state index contributed by atoms with van der Waals surface area (Å²) in [5.41, 5.74) is 4.64. The molecule has 1 aliphatic carbocycles. The van der Waals surface area contributed by atoms with Gasteiger partial charge < -0.3 is 20.3 Å². The minimum absolute atomic E-state index is 0.0731. The molecule has 0 fully saturated rings. The Morgan fingerprint density at radius 3 is 2.19 bits per heavy atom. The summed E-state index contributed by atoms with van der Waals surface area (Å²) in [6, 6.07) is 18.9. The topological polar surface area (TPSA) is 78.8 Å². The number of ether oxygens (including phenoxy) is 1. The molecule has 32 heavy (non-hydrogen) atoms. The smallest absolute Gasteiger partial charge is 0.407 e. The standard InChI is InChI=1S/C24H20Cl3NO4/c25-13-9-18(22(27)20(26)10-13)23(30)21(29)11-28-24(31)32-12-19-16-7-3-1-5-14(16)15-6-2-4-8-17(15)19/h1-10,19,21,23,29-30H,11-12H2,(H,28,31). The lowest BCUT2D eigenvalue weighted by molar-refractivity contribution is 0.0186. The van der Waals surface area contributed by atoms with Crippen LogP contribution in [0.2, 0.25) is 15.1 Å². The number of aliphatic hydroxyl groups is 2. The number of alkyl carbamates (subject to hydrolysis) is 1. The highest BCUT2D eigenvalue weighted by molar-refractivity contribution is 6.43. The van der Waals surface area contributed by atoms with E-state index < -0.39 is 18.3 Å². The molecule has 3 aromatic rings. The normalized spacial score (nSPS) is 14.4. The van der Waals surface area contributed by atoms with Gasteiger partial charge in [-0.25, -0.2) is 4.79 Å². The van der Waals surface area contributed by atoms with Crippen molar-refractivity contribution in [1.29, 1.82) is 0 Å². The predicted molar refractivity (Wildman–Crippen MR) is 126 cm³/mol. The number of benzene rings is 3. The van der Waals surface area contributed by atoms with Crippen LogP contribution in [-0.4, -0.2) is 35.6 Å². The van der Waals surface area contributed by atoms with Crippen molar-refractivity contribution >= 4 is 40.9 Å². The third-order valence-corrected chi connectivity index (χ3v) is 6.54. The van der Waals surface area contributed by atoms with Crippen LogP contribution in [0.15, 0.2) is 60.7 Å². The van der Waals surface area contributed by atoms with Crippen molar-refractivity contribution < 1.29 is 19.7 Å². The monoisotopic (exact) mass is 491 g/mol. The molecule has 3 N–H and O–H groups in total. The van der Waals surface area contributed by atoms with Crippen LogP contribution in [0.25, 0.3) is 11.1 Å². The maximum Gasteiger partial charge on any atom is 0.407 e. The van der Waals surface area contributed by atoms with Gasteiger partial charge in [0.15, 0.2) is 0 Å². The van der Waals surface area contributed by atoms with Crippen molar-refractivity contribution in [1.82, 2.24) is 5.32 Å². The molecule has 0 aliphatic heterocycles. The number of hydrogen-bond donors (Lipinski definition) is 3. The zero-order valence-electron chi connectivity index (χ0n) is 16.8. The number of amides is 1. The van der Waals surface area contributed by atoms with Crippen molar-refractivity contribution in [3.8, 4) is 11.1 Å². The summed E-state index contributed by atoms with van der Waals surface area (Å²) < 4.78 is 5.43. The number of aliphatic hydroxyl groups excluding tert-OH is 2. The van der Waals surface area contributed by atoms with Gasteiger partial charge in [0, 0.05) is 23.0 Å².